The first-order valence-electron chi connectivity index (χ1n) is 5.56. The Labute approximate surface area is 88.2 Å². The summed E-state index contributed by atoms with van der Waals surface area (Å²) in [6, 6.07) is 0. The van der Waals surface area contributed by atoms with Crippen LogP contribution in [0.2, 0.25) is 0 Å². The summed E-state index contributed by atoms with van der Waals surface area (Å²) in [7, 11) is 3.99. The zero-order valence-electron chi connectivity index (χ0n) is 9.68. The number of nitrogens with two attached hydrogens (primary N) is 1. The van der Waals surface area contributed by atoms with Crippen molar-refractivity contribution >= 4 is 0 Å². The molecule has 0 aliphatic heterocycles. The highest BCUT2D eigenvalue weighted by atomic mass is 15.1. The van der Waals surface area contributed by atoms with Crippen molar-refractivity contribution in [2.45, 2.75) is 12.8 Å². The van der Waals surface area contributed by atoms with E-state index < -0.39 is 0 Å². The summed E-state index contributed by atoms with van der Waals surface area (Å²) in [5.74, 6) is 0. The predicted molar refractivity (Wildman–Crippen MR) is 62.6 cm³/mol. The van der Waals surface area contributed by atoms with Gasteiger partial charge in [-0.15, -0.1) is 0 Å². The third-order valence-corrected chi connectivity index (χ3v) is 2.25. The quantitative estimate of drug-likeness (QED) is 0.417. The van der Waals surface area contributed by atoms with E-state index in [4.69, 9.17) is 5.73 Å². The summed E-state index contributed by atoms with van der Waals surface area (Å²) in [5, 5.41) is 6.32. The highest BCUT2D eigenvalue weighted by Crippen LogP contribution is 1.92. The van der Waals surface area contributed by atoms with E-state index in [1.807, 2.05) is 14.1 Å². The highest BCUT2D eigenvalue weighted by Gasteiger charge is 2.02. The Hall–Kier alpha value is -0.160. The van der Waals surface area contributed by atoms with Crippen LogP contribution in [0.3, 0.4) is 0 Å². The first-order chi connectivity index (χ1) is 6.85. The molecule has 0 amide bonds. The van der Waals surface area contributed by atoms with Gasteiger partial charge in [0.1, 0.15) is 0 Å². The van der Waals surface area contributed by atoms with Crippen LogP contribution in [-0.4, -0.2) is 58.3 Å². The van der Waals surface area contributed by atoms with Gasteiger partial charge in [0.15, 0.2) is 0 Å². The molecule has 0 aromatic heterocycles. The van der Waals surface area contributed by atoms with E-state index >= 15 is 0 Å². The molecule has 0 aliphatic carbocycles. The normalized spacial score (nSPS) is 11.1. The molecule has 4 N–H and O–H groups in total. The second-order valence-corrected chi connectivity index (χ2v) is 3.54. The summed E-state index contributed by atoms with van der Waals surface area (Å²) in [5.41, 5.74) is 5.56. The summed E-state index contributed by atoms with van der Waals surface area (Å²) < 4.78 is 0. The Morgan fingerprint density at radius 2 is 1.43 bits per heavy atom. The first kappa shape index (κ1) is 13.8. The maximum atomic E-state index is 5.56. The van der Waals surface area contributed by atoms with E-state index in [0.29, 0.717) is 0 Å². The molecule has 0 saturated carbocycles. The lowest BCUT2D eigenvalue weighted by molar-refractivity contribution is 0.273. The van der Waals surface area contributed by atoms with Crippen molar-refractivity contribution in [2.75, 3.05) is 53.4 Å². The smallest absolute Gasteiger partial charge is 0.0105 e. The van der Waals surface area contributed by atoms with Crippen molar-refractivity contribution in [1.82, 2.24) is 15.5 Å². The number of hydrogen-bond acceptors (Lipinski definition) is 4. The van der Waals surface area contributed by atoms with Gasteiger partial charge in [-0.25, -0.2) is 0 Å². The summed E-state index contributed by atoms with van der Waals surface area (Å²) >= 11 is 0. The molecule has 0 unspecified atom stereocenters. The molecular formula is C10H26N4. The third-order valence-electron chi connectivity index (χ3n) is 2.25. The maximum Gasteiger partial charge on any atom is 0.0105 e. The largest absolute Gasteiger partial charge is 0.329 e. The predicted octanol–water partition coefficient (Wildman–Crippen LogP) is -0.534. The summed E-state index contributed by atoms with van der Waals surface area (Å²) in [6.45, 7) is 6.27. The second kappa shape index (κ2) is 10.9. The molecule has 0 aliphatic rings. The minimum Gasteiger partial charge on any atom is -0.329 e. The van der Waals surface area contributed by atoms with E-state index in [2.05, 4.69) is 15.5 Å². The van der Waals surface area contributed by atoms with Crippen molar-refractivity contribution in [3.8, 4) is 0 Å². The molecule has 0 bridgehead atoms. The topological polar surface area (TPSA) is 53.3 Å². The van der Waals surface area contributed by atoms with Crippen LogP contribution >= 0.6 is 0 Å². The summed E-state index contributed by atoms with van der Waals surface area (Å²) in [6.07, 6.45) is 2.41. The van der Waals surface area contributed by atoms with Crippen LogP contribution < -0.4 is 16.4 Å². The fourth-order valence-electron chi connectivity index (χ4n) is 1.48. The van der Waals surface area contributed by atoms with Gasteiger partial charge in [0.2, 0.25) is 0 Å². The molecule has 0 aromatic rings. The van der Waals surface area contributed by atoms with Crippen LogP contribution in [0.5, 0.6) is 0 Å². The molecule has 0 spiro atoms. The Morgan fingerprint density at radius 3 is 1.79 bits per heavy atom. The van der Waals surface area contributed by atoms with Crippen molar-refractivity contribution in [3.63, 3.8) is 0 Å². The highest BCUT2D eigenvalue weighted by molar-refractivity contribution is 4.60. The summed E-state index contributed by atoms with van der Waals surface area (Å²) in [4.78, 5) is 2.44. The van der Waals surface area contributed by atoms with Gasteiger partial charge in [0.05, 0.1) is 0 Å². The Bertz CT molecular complexity index is 98.3. The second-order valence-electron chi connectivity index (χ2n) is 3.54. The SMILES string of the molecule is CNCCCN(CCN)CCCNC. The molecule has 14 heavy (non-hydrogen) atoms. The average Bonchev–Trinajstić information content (AvgIpc) is 2.18. The van der Waals surface area contributed by atoms with Gasteiger partial charge in [-0.2, -0.15) is 0 Å². The van der Waals surface area contributed by atoms with Crippen LogP contribution in [0.1, 0.15) is 12.8 Å². The molecule has 4 heteroatoms. The molecule has 0 fully saturated rings. The lowest BCUT2D eigenvalue weighted by Gasteiger charge is -2.21. The Balaban J connectivity index is 3.44. The van der Waals surface area contributed by atoms with E-state index in [9.17, 15) is 0 Å². The van der Waals surface area contributed by atoms with Crippen LogP contribution in [0.15, 0.2) is 0 Å². The minimum absolute atomic E-state index is 0.763. The number of rotatable bonds is 10. The number of nitrogens with one attached hydrogen (secondary N) is 2. The first-order valence-corrected chi connectivity index (χ1v) is 5.56. The fourth-order valence-corrected chi connectivity index (χ4v) is 1.48. The van der Waals surface area contributed by atoms with Crippen molar-refractivity contribution in [1.29, 1.82) is 0 Å². The van der Waals surface area contributed by atoms with Gasteiger partial charge >= 0.3 is 0 Å². The van der Waals surface area contributed by atoms with E-state index in [1.54, 1.807) is 0 Å². The fraction of sp³-hybridized carbons (Fsp3) is 1.00. The zero-order chi connectivity index (χ0) is 10.6. The Morgan fingerprint density at radius 1 is 0.929 bits per heavy atom. The van der Waals surface area contributed by atoms with Gasteiger partial charge in [0.25, 0.3) is 0 Å². The monoisotopic (exact) mass is 202 g/mol. The van der Waals surface area contributed by atoms with Crippen molar-refractivity contribution in [2.24, 2.45) is 5.73 Å². The molecule has 86 valence electrons. The van der Waals surface area contributed by atoms with Crippen molar-refractivity contribution < 1.29 is 0 Å². The zero-order valence-corrected chi connectivity index (χ0v) is 9.68. The van der Waals surface area contributed by atoms with Crippen LogP contribution in [0, 0.1) is 0 Å². The van der Waals surface area contributed by atoms with Gasteiger partial charge in [-0.3, -0.25) is 0 Å². The molecule has 0 saturated heterocycles. The molecule has 0 rings (SSSR count). The van der Waals surface area contributed by atoms with Gasteiger partial charge in [-0.05, 0) is 53.1 Å². The van der Waals surface area contributed by atoms with Crippen LogP contribution in [0.25, 0.3) is 0 Å². The maximum absolute atomic E-state index is 5.56. The molecule has 0 aromatic carbocycles. The van der Waals surface area contributed by atoms with Crippen molar-refractivity contribution in [3.05, 3.63) is 0 Å². The molecule has 0 atom stereocenters. The van der Waals surface area contributed by atoms with Gasteiger partial charge in [-0.1, -0.05) is 0 Å². The van der Waals surface area contributed by atoms with Gasteiger partial charge in [0, 0.05) is 13.1 Å². The van der Waals surface area contributed by atoms with E-state index in [0.717, 1.165) is 39.3 Å². The van der Waals surface area contributed by atoms with Crippen LogP contribution in [0.4, 0.5) is 0 Å². The Kier molecular flexibility index (Phi) is 10.8. The lowest BCUT2D eigenvalue weighted by Crippen LogP contribution is -2.33. The molecule has 0 heterocycles. The number of hydrogen-bond donors (Lipinski definition) is 3. The third kappa shape index (κ3) is 8.44. The van der Waals surface area contributed by atoms with Gasteiger partial charge < -0.3 is 21.3 Å². The standard InChI is InChI=1S/C10H26N4/c1-12-6-3-8-14(10-5-11)9-4-7-13-2/h12-13H,3-11H2,1-2H3. The van der Waals surface area contributed by atoms with Crippen LogP contribution in [-0.2, 0) is 0 Å². The molecule has 4 nitrogen and oxygen atoms in total. The van der Waals surface area contributed by atoms with E-state index in [-0.39, 0.29) is 0 Å². The molecule has 0 radical (unpaired) electrons. The number of nitrogens with zero attached hydrogens (tertiary/aromatic N) is 1. The lowest BCUT2D eigenvalue weighted by atomic mass is 10.3. The molecular weight excluding hydrogens is 176 g/mol. The minimum atomic E-state index is 0.763. The van der Waals surface area contributed by atoms with E-state index in [1.165, 1.54) is 12.8 Å². The average molecular weight is 202 g/mol.